The van der Waals surface area contributed by atoms with Gasteiger partial charge in [-0.15, -0.1) is 0 Å². The van der Waals surface area contributed by atoms with Crippen molar-refractivity contribution in [2.75, 3.05) is 38.1 Å². The van der Waals surface area contributed by atoms with Gasteiger partial charge in [0.1, 0.15) is 5.75 Å². The summed E-state index contributed by atoms with van der Waals surface area (Å²) in [5.74, 6) is 0.597. The zero-order chi connectivity index (χ0) is 21.7. The fourth-order valence-corrected chi connectivity index (χ4v) is 3.51. The molecule has 1 fully saturated rings. The van der Waals surface area contributed by atoms with Crippen LogP contribution in [0.4, 0.5) is 5.69 Å². The monoisotopic (exact) mass is 409 g/mol. The molecule has 1 aliphatic heterocycles. The summed E-state index contributed by atoms with van der Waals surface area (Å²) in [6.45, 7) is 13.1. The third kappa shape index (κ3) is 5.99. The molecule has 1 aliphatic rings. The van der Waals surface area contributed by atoms with Gasteiger partial charge in [-0.25, -0.2) is 0 Å². The number of hydrogen-bond acceptors (Lipinski definition) is 4. The van der Waals surface area contributed by atoms with E-state index in [1.54, 1.807) is 6.92 Å². The van der Waals surface area contributed by atoms with Crippen molar-refractivity contribution < 1.29 is 9.53 Å². The molecule has 2 aromatic carbocycles. The predicted molar refractivity (Wildman–Crippen MR) is 123 cm³/mol. The Morgan fingerprint density at radius 1 is 1.00 bits per heavy atom. The van der Waals surface area contributed by atoms with Crippen LogP contribution in [-0.2, 0) is 16.8 Å². The van der Waals surface area contributed by atoms with Crippen molar-refractivity contribution in [2.24, 2.45) is 0 Å². The molecular formula is C25H35N3O2. The van der Waals surface area contributed by atoms with Crippen LogP contribution in [0.1, 0.15) is 38.8 Å². The van der Waals surface area contributed by atoms with Crippen LogP contribution in [0.25, 0.3) is 0 Å². The van der Waals surface area contributed by atoms with E-state index in [1.165, 1.54) is 11.3 Å². The minimum atomic E-state index is -0.546. The first-order valence-corrected chi connectivity index (χ1v) is 10.8. The lowest BCUT2D eigenvalue weighted by Crippen LogP contribution is -2.44. The van der Waals surface area contributed by atoms with Crippen LogP contribution in [-0.4, -0.2) is 50.1 Å². The molecular weight excluding hydrogens is 374 g/mol. The van der Waals surface area contributed by atoms with Crippen molar-refractivity contribution in [1.29, 1.82) is 0 Å². The zero-order valence-corrected chi connectivity index (χ0v) is 18.9. The first-order valence-electron chi connectivity index (χ1n) is 10.8. The molecule has 3 rings (SSSR count). The highest BCUT2D eigenvalue weighted by atomic mass is 16.5. The normalized spacial score (nSPS) is 16.2. The van der Waals surface area contributed by atoms with Gasteiger partial charge < -0.3 is 19.9 Å². The van der Waals surface area contributed by atoms with E-state index >= 15 is 0 Å². The van der Waals surface area contributed by atoms with E-state index in [9.17, 15) is 4.79 Å². The third-order valence-electron chi connectivity index (χ3n) is 5.67. The van der Waals surface area contributed by atoms with E-state index in [1.807, 2.05) is 12.1 Å². The molecule has 0 spiro atoms. The molecule has 0 aliphatic carbocycles. The fraction of sp³-hybridized carbons (Fsp3) is 0.480. The second kappa shape index (κ2) is 9.52. The second-order valence-corrected chi connectivity index (χ2v) is 9.21. The van der Waals surface area contributed by atoms with Crippen LogP contribution in [0.5, 0.6) is 5.75 Å². The maximum Gasteiger partial charge on any atom is 0.261 e. The van der Waals surface area contributed by atoms with Gasteiger partial charge in [0.15, 0.2) is 6.10 Å². The topological polar surface area (TPSA) is 44.8 Å². The largest absolute Gasteiger partial charge is 0.481 e. The van der Waals surface area contributed by atoms with Crippen LogP contribution < -0.4 is 15.0 Å². The quantitative estimate of drug-likeness (QED) is 0.788. The van der Waals surface area contributed by atoms with Gasteiger partial charge in [0.2, 0.25) is 0 Å². The molecule has 0 radical (unpaired) electrons. The molecule has 1 amide bonds. The van der Waals surface area contributed by atoms with E-state index in [4.69, 9.17) is 4.74 Å². The summed E-state index contributed by atoms with van der Waals surface area (Å²) in [4.78, 5) is 17.2. The highest BCUT2D eigenvalue weighted by Gasteiger charge is 2.17. The maximum absolute atomic E-state index is 12.4. The minimum absolute atomic E-state index is 0.0986. The standard InChI is InChI=1S/C25H35N3O2/c1-19(30-23-12-8-21(9-13-23)25(2,3)4)24(29)26-18-20-6-10-22(11-7-20)28-16-14-27(5)15-17-28/h6-13,19H,14-18H2,1-5H3,(H,26,29). The average molecular weight is 410 g/mol. The summed E-state index contributed by atoms with van der Waals surface area (Å²) in [6, 6.07) is 16.4. The van der Waals surface area contributed by atoms with Gasteiger partial charge in [0.05, 0.1) is 0 Å². The lowest BCUT2D eigenvalue weighted by Gasteiger charge is -2.34. The summed E-state index contributed by atoms with van der Waals surface area (Å²) in [7, 11) is 2.16. The number of ether oxygens (including phenoxy) is 1. The predicted octanol–water partition coefficient (Wildman–Crippen LogP) is 3.82. The number of hydrogen-bond donors (Lipinski definition) is 1. The van der Waals surface area contributed by atoms with Crippen LogP contribution in [0.2, 0.25) is 0 Å². The molecule has 1 heterocycles. The van der Waals surface area contributed by atoms with Gasteiger partial charge in [0, 0.05) is 38.4 Å². The zero-order valence-electron chi connectivity index (χ0n) is 18.9. The Morgan fingerprint density at radius 3 is 2.17 bits per heavy atom. The Balaban J connectivity index is 1.47. The Hall–Kier alpha value is -2.53. The van der Waals surface area contributed by atoms with Crippen molar-refractivity contribution in [1.82, 2.24) is 10.2 Å². The Bertz CT molecular complexity index is 817. The smallest absolute Gasteiger partial charge is 0.261 e. The van der Waals surface area contributed by atoms with Gasteiger partial charge in [-0.1, -0.05) is 45.0 Å². The lowest BCUT2D eigenvalue weighted by molar-refractivity contribution is -0.127. The molecule has 1 unspecified atom stereocenters. The minimum Gasteiger partial charge on any atom is -0.481 e. The van der Waals surface area contributed by atoms with Gasteiger partial charge in [-0.2, -0.15) is 0 Å². The number of anilines is 1. The van der Waals surface area contributed by atoms with Crippen LogP contribution in [0, 0.1) is 0 Å². The molecule has 0 saturated carbocycles. The number of rotatable bonds is 6. The van der Waals surface area contributed by atoms with Crippen LogP contribution in [0.15, 0.2) is 48.5 Å². The molecule has 2 aromatic rings. The van der Waals surface area contributed by atoms with E-state index < -0.39 is 6.10 Å². The van der Waals surface area contributed by atoms with Crippen molar-refractivity contribution in [2.45, 2.75) is 45.8 Å². The highest BCUT2D eigenvalue weighted by molar-refractivity contribution is 5.80. The SMILES string of the molecule is CC(Oc1ccc(C(C)(C)C)cc1)C(=O)NCc1ccc(N2CCN(C)CC2)cc1. The molecule has 0 bridgehead atoms. The molecule has 162 valence electrons. The van der Waals surface area contributed by atoms with Crippen LogP contribution in [0.3, 0.4) is 0 Å². The van der Waals surface area contributed by atoms with Gasteiger partial charge in [0.25, 0.3) is 5.91 Å². The van der Waals surface area contributed by atoms with E-state index in [-0.39, 0.29) is 11.3 Å². The van der Waals surface area contributed by atoms with E-state index in [0.29, 0.717) is 12.3 Å². The number of amides is 1. The molecule has 1 atom stereocenters. The Kier molecular flexibility index (Phi) is 7.03. The van der Waals surface area contributed by atoms with Gasteiger partial charge in [-0.05, 0) is 54.8 Å². The van der Waals surface area contributed by atoms with Gasteiger partial charge >= 0.3 is 0 Å². The average Bonchev–Trinajstić information content (AvgIpc) is 2.72. The Morgan fingerprint density at radius 2 is 1.60 bits per heavy atom. The number of carbonyl (C=O) groups is 1. The summed E-state index contributed by atoms with van der Waals surface area (Å²) in [5.41, 5.74) is 3.67. The lowest BCUT2D eigenvalue weighted by atomic mass is 9.87. The molecule has 1 saturated heterocycles. The van der Waals surface area contributed by atoms with Crippen molar-refractivity contribution in [3.63, 3.8) is 0 Å². The summed E-state index contributed by atoms with van der Waals surface area (Å²) >= 11 is 0. The van der Waals surface area contributed by atoms with E-state index in [2.05, 4.69) is 79.3 Å². The number of nitrogens with one attached hydrogen (secondary N) is 1. The molecule has 5 nitrogen and oxygen atoms in total. The van der Waals surface area contributed by atoms with Gasteiger partial charge in [-0.3, -0.25) is 4.79 Å². The number of benzene rings is 2. The maximum atomic E-state index is 12.4. The molecule has 30 heavy (non-hydrogen) atoms. The molecule has 1 N–H and O–H groups in total. The second-order valence-electron chi connectivity index (χ2n) is 9.21. The van der Waals surface area contributed by atoms with E-state index in [0.717, 1.165) is 31.7 Å². The summed E-state index contributed by atoms with van der Waals surface area (Å²) in [6.07, 6.45) is -0.546. The van der Waals surface area contributed by atoms with Crippen molar-refractivity contribution >= 4 is 11.6 Å². The third-order valence-corrected chi connectivity index (χ3v) is 5.67. The fourth-order valence-electron chi connectivity index (χ4n) is 3.51. The number of likely N-dealkylation sites (N-methyl/N-ethyl adjacent to an activating group) is 1. The summed E-state index contributed by atoms with van der Waals surface area (Å²) < 4.78 is 5.82. The Labute approximate surface area is 181 Å². The number of piperazine rings is 1. The number of nitrogens with zero attached hydrogens (tertiary/aromatic N) is 2. The highest BCUT2D eigenvalue weighted by Crippen LogP contribution is 2.24. The van der Waals surface area contributed by atoms with Crippen molar-refractivity contribution in [3.8, 4) is 5.75 Å². The molecule has 0 aromatic heterocycles. The first-order chi connectivity index (χ1) is 14.2. The molecule has 5 heteroatoms. The first kappa shape index (κ1) is 22.2. The number of carbonyl (C=O) groups excluding carboxylic acids is 1. The summed E-state index contributed by atoms with van der Waals surface area (Å²) in [5, 5.41) is 2.98. The van der Waals surface area contributed by atoms with Crippen LogP contribution >= 0.6 is 0 Å². The van der Waals surface area contributed by atoms with Crippen molar-refractivity contribution in [3.05, 3.63) is 59.7 Å².